The van der Waals surface area contributed by atoms with Crippen LogP contribution in [0.4, 0.5) is 23.2 Å². The molecule has 0 fully saturated rings. The highest BCUT2D eigenvalue weighted by atomic mass is 32.2. The molecule has 0 atom stereocenters. The van der Waals surface area contributed by atoms with Crippen molar-refractivity contribution in [2.45, 2.75) is 12.3 Å². The van der Waals surface area contributed by atoms with E-state index >= 15 is 0 Å². The van der Waals surface area contributed by atoms with Crippen molar-refractivity contribution in [3.05, 3.63) is 30.3 Å². The Morgan fingerprint density at radius 2 is 1.80 bits per heavy atom. The monoisotopic (exact) mass is 239 g/mol. The van der Waals surface area contributed by atoms with E-state index in [1.807, 2.05) is 0 Å². The van der Waals surface area contributed by atoms with Crippen LogP contribution < -0.4 is 4.72 Å². The minimum atomic E-state index is -3.95. The summed E-state index contributed by atoms with van der Waals surface area (Å²) in [7, 11) is 0. The fourth-order valence-corrected chi connectivity index (χ4v) is 1.48. The zero-order chi connectivity index (χ0) is 11.3. The van der Waals surface area contributed by atoms with Gasteiger partial charge in [0.15, 0.2) is 0 Å². The molecular weight excluding hydrogens is 230 g/mol. The molecule has 6 heteroatoms. The fraction of sp³-hybridized carbons (Fsp3) is 0.333. The second-order valence-electron chi connectivity index (χ2n) is 2.82. The average molecular weight is 239 g/mol. The molecule has 0 spiro atoms. The molecular formula is C9H9F4NS. The van der Waals surface area contributed by atoms with Gasteiger partial charge >= 0.3 is 12.3 Å². The van der Waals surface area contributed by atoms with Crippen LogP contribution in [0, 0.1) is 0 Å². The largest absolute Gasteiger partial charge is 0.330 e. The Labute approximate surface area is 89.0 Å². The molecule has 0 aliphatic carbocycles. The zero-order valence-corrected chi connectivity index (χ0v) is 8.41. The van der Waals surface area contributed by atoms with Gasteiger partial charge in [0, 0.05) is 5.69 Å². The maximum atomic E-state index is 12.4. The van der Waals surface area contributed by atoms with E-state index in [1.54, 1.807) is 30.3 Å². The summed E-state index contributed by atoms with van der Waals surface area (Å²) in [6, 6.07) is 8.52. The Balaban J connectivity index is 2.34. The Morgan fingerprint density at radius 1 is 1.20 bits per heavy atom. The van der Waals surface area contributed by atoms with Gasteiger partial charge in [0.1, 0.15) is 0 Å². The number of para-hydroxylation sites is 1. The van der Waals surface area contributed by atoms with Crippen molar-refractivity contribution in [3.63, 3.8) is 0 Å². The molecule has 0 heterocycles. The summed E-state index contributed by atoms with van der Waals surface area (Å²) in [6.07, 6.45) is -3.62. The summed E-state index contributed by atoms with van der Waals surface area (Å²) in [5, 5.41) is 0. The lowest BCUT2D eigenvalue weighted by Crippen LogP contribution is -2.29. The van der Waals surface area contributed by atoms with Crippen molar-refractivity contribution in [3.8, 4) is 0 Å². The van der Waals surface area contributed by atoms with Gasteiger partial charge in [-0.05, 0) is 24.1 Å². The van der Waals surface area contributed by atoms with Crippen LogP contribution in [-0.4, -0.2) is 18.1 Å². The normalized spacial score (nSPS) is 11.8. The molecule has 0 aliphatic rings. The molecule has 0 radical (unpaired) electrons. The van der Waals surface area contributed by atoms with Crippen molar-refractivity contribution in [2.24, 2.45) is 0 Å². The number of benzene rings is 1. The molecule has 84 valence electrons. The molecule has 0 unspecified atom stereocenters. The Kier molecular flexibility index (Phi) is 4.26. The maximum Gasteiger partial charge on any atom is 0.318 e. The molecule has 15 heavy (non-hydrogen) atoms. The lowest BCUT2D eigenvalue weighted by molar-refractivity contribution is -0.109. The van der Waals surface area contributed by atoms with Gasteiger partial charge in [0.25, 0.3) is 0 Å². The molecule has 1 rings (SSSR count). The molecule has 0 bridgehead atoms. The van der Waals surface area contributed by atoms with E-state index < -0.39 is 18.1 Å². The third-order valence-electron chi connectivity index (χ3n) is 1.55. The molecule has 1 N–H and O–H groups in total. The summed E-state index contributed by atoms with van der Waals surface area (Å²) in [4.78, 5) is 0. The number of anilines is 1. The smallest absolute Gasteiger partial charge is 0.318 e. The van der Waals surface area contributed by atoms with Gasteiger partial charge in [0.2, 0.25) is 0 Å². The average Bonchev–Trinajstić information content (AvgIpc) is 2.19. The quantitative estimate of drug-likeness (QED) is 0.621. The fourth-order valence-electron chi connectivity index (χ4n) is 0.785. The minimum absolute atomic E-state index is 0.562. The highest BCUT2D eigenvalue weighted by Crippen LogP contribution is 2.27. The third-order valence-corrected chi connectivity index (χ3v) is 2.46. The minimum Gasteiger partial charge on any atom is -0.330 e. The zero-order valence-electron chi connectivity index (χ0n) is 7.59. The molecule has 0 saturated carbocycles. The molecule has 0 aromatic heterocycles. The van der Waals surface area contributed by atoms with E-state index in [1.165, 1.54) is 0 Å². The predicted octanol–water partition coefficient (Wildman–Crippen LogP) is 3.65. The standard InChI is InChI=1S/C9H9F4NS/c10-8(11)9(12,13)6-15-14-7-4-2-1-3-5-7/h1-5,8,14H,6H2. The lowest BCUT2D eigenvalue weighted by atomic mass is 10.3. The molecule has 1 aromatic carbocycles. The first-order valence-electron chi connectivity index (χ1n) is 4.11. The van der Waals surface area contributed by atoms with Gasteiger partial charge in [-0.1, -0.05) is 18.2 Å². The van der Waals surface area contributed by atoms with Gasteiger partial charge in [-0.15, -0.1) is 0 Å². The van der Waals surface area contributed by atoms with Crippen LogP contribution >= 0.6 is 11.9 Å². The van der Waals surface area contributed by atoms with Gasteiger partial charge in [-0.3, -0.25) is 0 Å². The van der Waals surface area contributed by atoms with Crippen LogP contribution in [0.5, 0.6) is 0 Å². The topological polar surface area (TPSA) is 12.0 Å². The summed E-state index contributed by atoms with van der Waals surface area (Å²) < 4.78 is 50.9. The molecule has 0 saturated heterocycles. The van der Waals surface area contributed by atoms with Crippen molar-refractivity contribution in [1.29, 1.82) is 0 Å². The summed E-state index contributed by atoms with van der Waals surface area (Å²) in [5.41, 5.74) is 0.604. The van der Waals surface area contributed by atoms with Crippen molar-refractivity contribution in [1.82, 2.24) is 0 Å². The van der Waals surface area contributed by atoms with Crippen LogP contribution in [0.3, 0.4) is 0 Å². The number of halogens is 4. The van der Waals surface area contributed by atoms with Gasteiger partial charge < -0.3 is 4.72 Å². The van der Waals surface area contributed by atoms with E-state index in [2.05, 4.69) is 4.72 Å². The Morgan fingerprint density at radius 3 is 2.33 bits per heavy atom. The second kappa shape index (κ2) is 5.25. The molecule has 0 amide bonds. The number of rotatable bonds is 5. The highest BCUT2D eigenvalue weighted by Gasteiger charge is 2.40. The number of hydrogen-bond acceptors (Lipinski definition) is 2. The van der Waals surface area contributed by atoms with E-state index in [-0.39, 0.29) is 0 Å². The Bertz CT molecular complexity index is 291. The predicted molar refractivity (Wildman–Crippen MR) is 53.5 cm³/mol. The third kappa shape index (κ3) is 3.99. The molecule has 0 aliphatic heterocycles. The maximum absolute atomic E-state index is 12.4. The van der Waals surface area contributed by atoms with Crippen molar-refractivity contribution in [2.75, 3.05) is 10.5 Å². The number of hydrogen-bond donors (Lipinski definition) is 1. The lowest BCUT2D eigenvalue weighted by Gasteiger charge is -2.14. The summed E-state index contributed by atoms with van der Waals surface area (Å²) in [5.74, 6) is -4.91. The van der Waals surface area contributed by atoms with E-state index in [0.717, 1.165) is 0 Å². The van der Waals surface area contributed by atoms with Crippen molar-refractivity contribution < 1.29 is 17.6 Å². The van der Waals surface area contributed by atoms with E-state index in [0.29, 0.717) is 17.6 Å². The van der Waals surface area contributed by atoms with Gasteiger partial charge in [-0.25, -0.2) is 8.78 Å². The SMILES string of the molecule is FC(F)C(F)(F)CSNc1ccccc1. The summed E-state index contributed by atoms with van der Waals surface area (Å²) >= 11 is 0.562. The molecule has 1 nitrogen and oxygen atoms in total. The first kappa shape index (κ1) is 12.2. The molecule has 1 aromatic rings. The Hall–Kier alpha value is -0.910. The highest BCUT2D eigenvalue weighted by molar-refractivity contribution is 8.00. The second-order valence-corrected chi connectivity index (χ2v) is 3.60. The van der Waals surface area contributed by atoms with Gasteiger partial charge in [0.05, 0.1) is 5.75 Å². The van der Waals surface area contributed by atoms with E-state index in [4.69, 9.17) is 0 Å². The van der Waals surface area contributed by atoms with E-state index in [9.17, 15) is 17.6 Å². The first-order chi connectivity index (χ1) is 7.02. The van der Waals surface area contributed by atoms with Crippen LogP contribution in [0.1, 0.15) is 0 Å². The number of nitrogens with one attached hydrogen (secondary N) is 1. The van der Waals surface area contributed by atoms with Crippen LogP contribution in [-0.2, 0) is 0 Å². The summed E-state index contributed by atoms with van der Waals surface area (Å²) in [6.45, 7) is 0. The van der Waals surface area contributed by atoms with Crippen LogP contribution in [0.25, 0.3) is 0 Å². The number of alkyl halides is 4. The van der Waals surface area contributed by atoms with Crippen LogP contribution in [0.15, 0.2) is 30.3 Å². The van der Waals surface area contributed by atoms with Gasteiger partial charge in [-0.2, -0.15) is 8.78 Å². The first-order valence-corrected chi connectivity index (χ1v) is 5.10. The van der Waals surface area contributed by atoms with Crippen LogP contribution in [0.2, 0.25) is 0 Å². The van der Waals surface area contributed by atoms with Crippen molar-refractivity contribution >= 4 is 17.6 Å².